The van der Waals surface area contributed by atoms with Gasteiger partial charge < -0.3 is 16.0 Å². The predicted molar refractivity (Wildman–Crippen MR) is 80.5 cm³/mol. The molecule has 114 valence electrons. The molecule has 0 saturated heterocycles. The molecule has 0 aliphatic rings. The molecule has 6 heteroatoms. The van der Waals surface area contributed by atoms with E-state index in [1.54, 1.807) is 0 Å². The zero-order valence-electron chi connectivity index (χ0n) is 12.3. The summed E-state index contributed by atoms with van der Waals surface area (Å²) >= 11 is 0. The van der Waals surface area contributed by atoms with Gasteiger partial charge in [-0.15, -0.1) is 12.4 Å². The Morgan fingerprint density at radius 3 is 2.16 bits per heavy atom. The molecular formula is C13H28ClN3O2. The summed E-state index contributed by atoms with van der Waals surface area (Å²) < 4.78 is 0. The average Bonchev–Trinajstić information content (AvgIpc) is 2.34. The first-order chi connectivity index (χ1) is 8.60. The van der Waals surface area contributed by atoms with Crippen molar-refractivity contribution in [1.29, 1.82) is 0 Å². The Bertz CT molecular complexity index is 250. The van der Waals surface area contributed by atoms with Crippen LogP contribution in [0.3, 0.4) is 0 Å². The van der Waals surface area contributed by atoms with Gasteiger partial charge in [-0.25, -0.2) is 0 Å². The topological polar surface area (TPSA) is 70.2 Å². The molecular weight excluding hydrogens is 266 g/mol. The Balaban J connectivity index is 0. The van der Waals surface area contributed by atoms with Crippen LogP contribution in [0.2, 0.25) is 0 Å². The number of nitrogens with one attached hydrogen (secondary N) is 3. The van der Waals surface area contributed by atoms with Crippen molar-refractivity contribution in [3.05, 3.63) is 0 Å². The Morgan fingerprint density at radius 1 is 1.05 bits per heavy atom. The van der Waals surface area contributed by atoms with Crippen LogP contribution in [0, 0.1) is 0 Å². The van der Waals surface area contributed by atoms with Crippen LogP contribution < -0.4 is 16.0 Å². The van der Waals surface area contributed by atoms with Crippen molar-refractivity contribution in [2.24, 2.45) is 0 Å². The highest BCUT2D eigenvalue weighted by Crippen LogP contribution is 1.95. The van der Waals surface area contributed by atoms with Gasteiger partial charge in [0.2, 0.25) is 11.8 Å². The van der Waals surface area contributed by atoms with Gasteiger partial charge in [-0.2, -0.15) is 0 Å². The van der Waals surface area contributed by atoms with Gasteiger partial charge >= 0.3 is 0 Å². The summed E-state index contributed by atoms with van der Waals surface area (Å²) in [5.74, 6) is 0.0497. The van der Waals surface area contributed by atoms with Crippen molar-refractivity contribution in [2.75, 3.05) is 19.6 Å². The highest BCUT2D eigenvalue weighted by molar-refractivity contribution is 5.85. The smallest absolute Gasteiger partial charge is 0.220 e. The quantitative estimate of drug-likeness (QED) is 0.567. The summed E-state index contributed by atoms with van der Waals surface area (Å²) in [6.45, 7) is 8.32. The van der Waals surface area contributed by atoms with E-state index in [0.717, 1.165) is 13.0 Å². The summed E-state index contributed by atoms with van der Waals surface area (Å²) in [4.78, 5) is 22.8. The molecule has 0 aromatic carbocycles. The molecule has 19 heavy (non-hydrogen) atoms. The second-order valence-corrected chi connectivity index (χ2v) is 4.47. The lowest BCUT2D eigenvalue weighted by molar-refractivity contribution is -0.122. The van der Waals surface area contributed by atoms with E-state index in [1.807, 2.05) is 20.8 Å². The van der Waals surface area contributed by atoms with Gasteiger partial charge in [-0.1, -0.05) is 13.8 Å². The van der Waals surface area contributed by atoms with Crippen LogP contribution in [0.4, 0.5) is 0 Å². The highest BCUT2D eigenvalue weighted by Gasteiger charge is 2.06. The normalized spacial score (nSPS) is 11.3. The van der Waals surface area contributed by atoms with Crippen LogP contribution in [-0.4, -0.2) is 37.5 Å². The largest absolute Gasteiger partial charge is 0.356 e. The van der Waals surface area contributed by atoms with E-state index in [0.29, 0.717) is 32.4 Å². The van der Waals surface area contributed by atoms with Crippen LogP contribution in [0.25, 0.3) is 0 Å². The van der Waals surface area contributed by atoms with Gasteiger partial charge in [0.05, 0.1) is 0 Å². The van der Waals surface area contributed by atoms with E-state index in [2.05, 4.69) is 16.0 Å². The fourth-order valence-electron chi connectivity index (χ4n) is 1.54. The van der Waals surface area contributed by atoms with Crippen molar-refractivity contribution in [1.82, 2.24) is 16.0 Å². The number of hydrogen-bond acceptors (Lipinski definition) is 3. The lowest BCUT2D eigenvalue weighted by Gasteiger charge is -2.13. The third-order valence-electron chi connectivity index (χ3n) is 2.54. The van der Waals surface area contributed by atoms with E-state index in [9.17, 15) is 9.59 Å². The van der Waals surface area contributed by atoms with Gasteiger partial charge in [-0.3, -0.25) is 9.59 Å². The van der Waals surface area contributed by atoms with Crippen molar-refractivity contribution in [3.8, 4) is 0 Å². The Labute approximate surface area is 122 Å². The summed E-state index contributed by atoms with van der Waals surface area (Å²) in [5.41, 5.74) is 0. The minimum absolute atomic E-state index is 0. The lowest BCUT2D eigenvalue weighted by atomic mass is 10.2. The van der Waals surface area contributed by atoms with Crippen molar-refractivity contribution >= 4 is 24.2 Å². The zero-order valence-corrected chi connectivity index (χ0v) is 13.1. The minimum atomic E-state index is 0. The number of rotatable bonds is 10. The molecule has 0 aliphatic heterocycles. The van der Waals surface area contributed by atoms with Crippen LogP contribution in [0.15, 0.2) is 0 Å². The van der Waals surface area contributed by atoms with Gasteiger partial charge in [0.1, 0.15) is 0 Å². The van der Waals surface area contributed by atoms with E-state index < -0.39 is 0 Å². The molecule has 0 rings (SSSR count). The van der Waals surface area contributed by atoms with E-state index >= 15 is 0 Å². The van der Waals surface area contributed by atoms with Crippen molar-refractivity contribution in [3.63, 3.8) is 0 Å². The SMILES string of the molecule is CCCNC(=O)CCCC(=O)NC[C@@H](C)NCC.Cl. The molecule has 0 heterocycles. The predicted octanol–water partition coefficient (Wildman–Crippen LogP) is 1.22. The van der Waals surface area contributed by atoms with Crippen molar-refractivity contribution in [2.45, 2.75) is 52.5 Å². The maximum atomic E-state index is 11.5. The molecule has 0 aromatic heterocycles. The fourth-order valence-corrected chi connectivity index (χ4v) is 1.54. The minimum Gasteiger partial charge on any atom is -0.356 e. The molecule has 0 aromatic rings. The van der Waals surface area contributed by atoms with E-state index in [1.165, 1.54) is 0 Å². The van der Waals surface area contributed by atoms with Crippen LogP contribution in [0.1, 0.15) is 46.5 Å². The molecule has 3 N–H and O–H groups in total. The number of amides is 2. The zero-order chi connectivity index (χ0) is 13.8. The number of likely N-dealkylation sites (N-methyl/N-ethyl adjacent to an activating group) is 1. The lowest BCUT2D eigenvalue weighted by Crippen LogP contribution is -2.38. The maximum Gasteiger partial charge on any atom is 0.220 e. The molecule has 0 saturated carbocycles. The fraction of sp³-hybridized carbons (Fsp3) is 0.846. The van der Waals surface area contributed by atoms with Crippen LogP contribution in [0.5, 0.6) is 0 Å². The number of halogens is 1. The highest BCUT2D eigenvalue weighted by atomic mass is 35.5. The Hall–Kier alpha value is -0.810. The van der Waals surface area contributed by atoms with E-state index in [4.69, 9.17) is 0 Å². The maximum absolute atomic E-state index is 11.5. The van der Waals surface area contributed by atoms with Crippen molar-refractivity contribution < 1.29 is 9.59 Å². The first kappa shape index (κ1) is 20.5. The van der Waals surface area contributed by atoms with Crippen LogP contribution in [-0.2, 0) is 9.59 Å². The molecule has 0 radical (unpaired) electrons. The molecule has 0 spiro atoms. The first-order valence-electron chi connectivity index (χ1n) is 6.86. The second kappa shape index (κ2) is 13.6. The number of carbonyl (C=O) groups is 2. The first-order valence-corrected chi connectivity index (χ1v) is 6.86. The number of hydrogen-bond donors (Lipinski definition) is 3. The Kier molecular flexibility index (Phi) is 14.7. The molecule has 2 amide bonds. The monoisotopic (exact) mass is 293 g/mol. The average molecular weight is 294 g/mol. The molecule has 5 nitrogen and oxygen atoms in total. The van der Waals surface area contributed by atoms with Gasteiger partial charge in [0.15, 0.2) is 0 Å². The third kappa shape index (κ3) is 13.4. The van der Waals surface area contributed by atoms with Crippen LogP contribution >= 0.6 is 12.4 Å². The summed E-state index contributed by atoms with van der Waals surface area (Å²) in [5, 5.41) is 8.86. The molecule has 0 unspecified atom stereocenters. The van der Waals surface area contributed by atoms with Gasteiger partial charge in [0, 0.05) is 32.0 Å². The second-order valence-electron chi connectivity index (χ2n) is 4.47. The summed E-state index contributed by atoms with van der Waals surface area (Å²) in [7, 11) is 0. The molecule has 0 fully saturated rings. The molecule has 1 atom stereocenters. The van der Waals surface area contributed by atoms with Gasteiger partial charge in [-0.05, 0) is 26.3 Å². The standard InChI is InChI=1S/C13H27N3O2.ClH/c1-4-9-15-12(17)7-6-8-13(18)16-10-11(3)14-5-2;/h11,14H,4-10H2,1-3H3,(H,15,17)(H,16,18);1H/t11-;/m1./s1. The number of carbonyl (C=O) groups excluding carboxylic acids is 2. The summed E-state index contributed by atoms with van der Waals surface area (Å²) in [6, 6.07) is 0.284. The van der Waals surface area contributed by atoms with Gasteiger partial charge in [0.25, 0.3) is 0 Å². The molecule has 0 bridgehead atoms. The summed E-state index contributed by atoms with van der Waals surface area (Å²) in [6.07, 6.45) is 2.39. The molecule has 0 aliphatic carbocycles. The third-order valence-corrected chi connectivity index (χ3v) is 2.54. The Morgan fingerprint density at radius 2 is 1.63 bits per heavy atom. The van der Waals surface area contributed by atoms with E-state index in [-0.39, 0.29) is 30.3 Å².